The zero-order valence-corrected chi connectivity index (χ0v) is 15.4. The third-order valence-corrected chi connectivity index (χ3v) is 5.67. The molecule has 0 bridgehead atoms. The molecule has 0 fully saturated rings. The molecule has 0 aliphatic heterocycles. The smallest absolute Gasteiger partial charge is 0.278 e. The van der Waals surface area contributed by atoms with E-state index in [0.717, 1.165) is 15.6 Å². The highest BCUT2D eigenvalue weighted by atomic mass is 32.2. The first-order valence-electron chi connectivity index (χ1n) is 7.82. The summed E-state index contributed by atoms with van der Waals surface area (Å²) >= 11 is 2.83. The first kappa shape index (κ1) is 16.7. The van der Waals surface area contributed by atoms with Gasteiger partial charge in [-0.15, -0.1) is 15.3 Å². The van der Waals surface area contributed by atoms with Crippen LogP contribution in [0, 0.1) is 6.92 Å². The van der Waals surface area contributed by atoms with Crippen molar-refractivity contribution in [2.75, 3.05) is 5.32 Å². The van der Waals surface area contributed by atoms with Crippen molar-refractivity contribution >= 4 is 44.8 Å². The van der Waals surface area contributed by atoms with Crippen molar-refractivity contribution < 1.29 is 0 Å². The molecule has 2 aromatic carbocycles. The molecule has 0 amide bonds. The van der Waals surface area contributed by atoms with Gasteiger partial charge in [0, 0.05) is 5.69 Å². The summed E-state index contributed by atoms with van der Waals surface area (Å²) < 4.78 is 2.09. The van der Waals surface area contributed by atoms with Gasteiger partial charge in [-0.1, -0.05) is 58.6 Å². The molecule has 7 nitrogen and oxygen atoms in total. The van der Waals surface area contributed by atoms with Crippen molar-refractivity contribution in [1.82, 2.24) is 25.2 Å². The number of para-hydroxylation sites is 1. The van der Waals surface area contributed by atoms with Crippen molar-refractivity contribution in [3.05, 3.63) is 64.4 Å². The van der Waals surface area contributed by atoms with Gasteiger partial charge in [-0.05, 0) is 30.7 Å². The molecule has 0 saturated heterocycles. The van der Waals surface area contributed by atoms with Crippen LogP contribution in [0.5, 0.6) is 0 Å². The van der Waals surface area contributed by atoms with Gasteiger partial charge in [0.05, 0.1) is 11.3 Å². The first-order chi connectivity index (χ1) is 12.7. The van der Waals surface area contributed by atoms with Gasteiger partial charge < -0.3 is 5.32 Å². The van der Waals surface area contributed by atoms with Gasteiger partial charge in [0.15, 0.2) is 4.34 Å². The van der Waals surface area contributed by atoms with Gasteiger partial charge in [0.1, 0.15) is 5.52 Å². The lowest BCUT2D eigenvalue weighted by Crippen LogP contribution is -2.23. The number of benzene rings is 2. The molecule has 130 valence electrons. The van der Waals surface area contributed by atoms with Gasteiger partial charge in [0.25, 0.3) is 5.56 Å². The lowest BCUT2D eigenvalue weighted by atomic mass is 10.2. The third kappa shape index (κ3) is 3.44. The summed E-state index contributed by atoms with van der Waals surface area (Å²) in [6.45, 7) is 2.03. The van der Waals surface area contributed by atoms with Crippen LogP contribution in [0.4, 0.5) is 10.8 Å². The number of anilines is 2. The number of rotatable bonds is 5. The number of thioether (sulfide) groups is 1. The third-order valence-electron chi connectivity index (χ3n) is 3.73. The average Bonchev–Trinajstić information content (AvgIpc) is 3.11. The molecule has 0 unspecified atom stereocenters. The lowest BCUT2D eigenvalue weighted by molar-refractivity contribution is 0.644. The largest absolute Gasteiger partial charge is 0.330 e. The summed E-state index contributed by atoms with van der Waals surface area (Å²) in [7, 11) is 0. The first-order valence-corrected chi connectivity index (χ1v) is 9.62. The molecule has 2 aromatic heterocycles. The maximum atomic E-state index is 12.4. The molecule has 0 saturated carbocycles. The summed E-state index contributed by atoms with van der Waals surface area (Å²) in [5.74, 6) is 0.329. The van der Waals surface area contributed by atoms with Gasteiger partial charge in [-0.25, -0.2) is 0 Å². The predicted octanol–water partition coefficient (Wildman–Crippen LogP) is 3.44. The molecule has 0 radical (unpaired) electrons. The Bertz CT molecular complexity index is 1120. The highest BCUT2D eigenvalue weighted by Gasteiger charge is 2.09. The van der Waals surface area contributed by atoms with Crippen LogP contribution < -0.4 is 10.9 Å². The Labute approximate surface area is 157 Å². The molecule has 4 aromatic rings. The van der Waals surface area contributed by atoms with Crippen LogP contribution in [-0.2, 0) is 5.88 Å². The highest BCUT2D eigenvalue weighted by Crippen LogP contribution is 2.29. The topological polar surface area (TPSA) is 85.6 Å². The van der Waals surface area contributed by atoms with E-state index in [4.69, 9.17) is 0 Å². The molecule has 9 heteroatoms. The summed E-state index contributed by atoms with van der Waals surface area (Å²) in [6.07, 6.45) is 0. The van der Waals surface area contributed by atoms with Crippen LogP contribution in [0.1, 0.15) is 5.56 Å². The zero-order valence-electron chi connectivity index (χ0n) is 13.8. The average molecular weight is 382 g/mol. The van der Waals surface area contributed by atoms with Gasteiger partial charge in [-0.2, -0.15) is 4.68 Å². The Morgan fingerprint density at radius 3 is 2.77 bits per heavy atom. The van der Waals surface area contributed by atoms with E-state index in [1.165, 1.54) is 27.8 Å². The minimum Gasteiger partial charge on any atom is -0.330 e. The molecular weight excluding hydrogens is 368 g/mol. The number of fused-ring (bicyclic) bond motifs is 1. The summed E-state index contributed by atoms with van der Waals surface area (Å²) in [5, 5.41) is 20.9. The van der Waals surface area contributed by atoms with Gasteiger partial charge >= 0.3 is 0 Å². The van der Waals surface area contributed by atoms with Crippen molar-refractivity contribution in [1.29, 1.82) is 0 Å². The van der Waals surface area contributed by atoms with Crippen molar-refractivity contribution in [2.24, 2.45) is 0 Å². The van der Waals surface area contributed by atoms with E-state index in [-0.39, 0.29) is 5.56 Å². The number of nitrogens with zero attached hydrogens (tertiary/aromatic N) is 5. The fourth-order valence-electron chi connectivity index (χ4n) is 2.37. The molecule has 0 atom stereocenters. The second kappa shape index (κ2) is 7.22. The predicted molar refractivity (Wildman–Crippen MR) is 104 cm³/mol. The number of hydrogen-bond acceptors (Lipinski definition) is 8. The SMILES string of the molecule is Cc1ccccc1Nc1nnc(SCn2nnc3ccccc3c2=O)s1. The van der Waals surface area contributed by atoms with Gasteiger partial charge in [-0.3, -0.25) is 4.79 Å². The van der Waals surface area contributed by atoms with E-state index in [2.05, 4.69) is 25.8 Å². The standard InChI is InChI=1S/C17H14N6OS2/c1-11-6-2-4-8-13(11)18-16-20-21-17(26-16)25-10-23-15(24)12-7-3-5-9-14(12)19-22-23/h2-9H,10H2,1H3,(H,18,20). The maximum Gasteiger partial charge on any atom is 0.278 e. The highest BCUT2D eigenvalue weighted by molar-refractivity contribution is 8.00. The van der Waals surface area contributed by atoms with Crippen LogP contribution in [0.25, 0.3) is 10.9 Å². The van der Waals surface area contributed by atoms with Crippen molar-refractivity contribution in [3.8, 4) is 0 Å². The fraction of sp³-hybridized carbons (Fsp3) is 0.118. The lowest BCUT2D eigenvalue weighted by Gasteiger charge is -2.04. The Kier molecular flexibility index (Phi) is 4.63. The van der Waals surface area contributed by atoms with Crippen LogP contribution in [0.3, 0.4) is 0 Å². The van der Waals surface area contributed by atoms with Crippen LogP contribution >= 0.6 is 23.1 Å². The van der Waals surface area contributed by atoms with E-state index in [0.29, 0.717) is 21.9 Å². The Morgan fingerprint density at radius 2 is 1.88 bits per heavy atom. The minimum atomic E-state index is -0.161. The number of aryl methyl sites for hydroxylation is 1. The Hall–Kier alpha value is -2.78. The summed E-state index contributed by atoms with van der Waals surface area (Å²) in [5.41, 5.74) is 2.57. The zero-order chi connectivity index (χ0) is 17.9. The number of nitrogens with one attached hydrogen (secondary N) is 1. The van der Waals surface area contributed by atoms with E-state index in [1.54, 1.807) is 12.1 Å². The number of hydrogen-bond donors (Lipinski definition) is 1. The van der Waals surface area contributed by atoms with E-state index in [9.17, 15) is 4.79 Å². The molecule has 0 aliphatic carbocycles. The quantitative estimate of drug-likeness (QED) is 0.529. The summed E-state index contributed by atoms with van der Waals surface area (Å²) in [4.78, 5) is 12.4. The molecule has 1 N–H and O–H groups in total. The number of aromatic nitrogens is 5. The molecule has 4 rings (SSSR count). The molecule has 2 heterocycles. The Morgan fingerprint density at radius 1 is 1.08 bits per heavy atom. The monoisotopic (exact) mass is 382 g/mol. The van der Waals surface area contributed by atoms with Crippen LogP contribution in [0.15, 0.2) is 57.7 Å². The van der Waals surface area contributed by atoms with Crippen LogP contribution in [-0.4, -0.2) is 25.2 Å². The van der Waals surface area contributed by atoms with Gasteiger partial charge in [0.2, 0.25) is 5.13 Å². The fourth-order valence-corrected chi connectivity index (χ4v) is 3.99. The van der Waals surface area contributed by atoms with Crippen molar-refractivity contribution in [3.63, 3.8) is 0 Å². The molecule has 26 heavy (non-hydrogen) atoms. The molecule has 0 aliphatic rings. The van der Waals surface area contributed by atoms with E-state index >= 15 is 0 Å². The normalized spacial score (nSPS) is 11.0. The minimum absolute atomic E-state index is 0.161. The van der Waals surface area contributed by atoms with E-state index < -0.39 is 0 Å². The molecular formula is C17H14N6OS2. The molecule has 0 spiro atoms. The van der Waals surface area contributed by atoms with Crippen molar-refractivity contribution in [2.45, 2.75) is 17.1 Å². The second-order valence-corrected chi connectivity index (χ2v) is 7.67. The van der Waals surface area contributed by atoms with Crippen LogP contribution in [0.2, 0.25) is 0 Å². The Balaban J connectivity index is 1.48. The maximum absolute atomic E-state index is 12.4. The van der Waals surface area contributed by atoms with E-state index in [1.807, 2.05) is 43.3 Å². The summed E-state index contributed by atoms with van der Waals surface area (Å²) in [6, 6.07) is 15.2. The second-order valence-electron chi connectivity index (χ2n) is 5.50.